The van der Waals surface area contributed by atoms with Crippen LogP contribution in [0, 0.1) is 12.7 Å². The molecule has 0 unspecified atom stereocenters. The molecule has 2 aliphatic rings. The van der Waals surface area contributed by atoms with Crippen LogP contribution >= 0.6 is 0 Å². The van der Waals surface area contributed by atoms with Crippen molar-refractivity contribution in [2.75, 3.05) is 7.11 Å². The Morgan fingerprint density at radius 1 is 1.12 bits per heavy atom. The zero-order chi connectivity index (χ0) is 21.8. The number of benzene rings is 2. The van der Waals surface area contributed by atoms with Crippen LogP contribution in [0.5, 0.6) is 5.75 Å². The third-order valence-electron chi connectivity index (χ3n) is 6.97. The van der Waals surface area contributed by atoms with Gasteiger partial charge in [0.1, 0.15) is 11.6 Å². The highest BCUT2D eigenvalue weighted by molar-refractivity contribution is 5.65. The fraction of sp³-hybridized carbons (Fsp3) is 0.308. The SMILES string of the molecule is COc1ccc(F)c(CN2[C@H]3CC[C@H]2c2cnc4cc(-c5cccc(C)c5)nn4c2C3)c1. The highest BCUT2D eigenvalue weighted by Crippen LogP contribution is 2.44. The highest BCUT2D eigenvalue weighted by Gasteiger charge is 2.41. The quantitative estimate of drug-likeness (QED) is 0.453. The van der Waals surface area contributed by atoms with Crippen molar-refractivity contribution in [1.82, 2.24) is 19.5 Å². The summed E-state index contributed by atoms with van der Waals surface area (Å²) in [4.78, 5) is 7.18. The number of hydrogen-bond donors (Lipinski definition) is 0. The molecule has 4 heterocycles. The van der Waals surface area contributed by atoms with Crippen molar-refractivity contribution < 1.29 is 9.13 Å². The van der Waals surface area contributed by atoms with Gasteiger partial charge in [-0.25, -0.2) is 13.9 Å². The average Bonchev–Trinajstić information content (AvgIpc) is 3.35. The molecule has 4 aromatic rings. The second-order valence-electron chi connectivity index (χ2n) is 8.91. The topological polar surface area (TPSA) is 42.7 Å². The highest BCUT2D eigenvalue weighted by atomic mass is 19.1. The first-order valence-corrected chi connectivity index (χ1v) is 11.1. The van der Waals surface area contributed by atoms with E-state index < -0.39 is 0 Å². The molecule has 5 nitrogen and oxygen atoms in total. The molecule has 0 radical (unpaired) electrons. The summed E-state index contributed by atoms with van der Waals surface area (Å²) < 4.78 is 21.9. The molecule has 2 aliphatic heterocycles. The van der Waals surface area contributed by atoms with E-state index in [0.29, 0.717) is 23.9 Å². The monoisotopic (exact) mass is 428 g/mol. The van der Waals surface area contributed by atoms with Crippen molar-refractivity contribution in [2.24, 2.45) is 0 Å². The number of methoxy groups -OCH3 is 1. The fourth-order valence-electron chi connectivity index (χ4n) is 5.37. The Morgan fingerprint density at radius 3 is 2.88 bits per heavy atom. The molecule has 6 rings (SSSR count). The van der Waals surface area contributed by atoms with Gasteiger partial charge in [0.15, 0.2) is 5.65 Å². The number of hydrogen-bond acceptors (Lipinski definition) is 4. The van der Waals surface area contributed by atoms with Gasteiger partial charge in [0.05, 0.1) is 18.5 Å². The predicted molar refractivity (Wildman–Crippen MR) is 121 cm³/mol. The average molecular weight is 429 g/mol. The van der Waals surface area contributed by atoms with E-state index in [4.69, 9.17) is 14.8 Å². The van der Waals surface area contributed by atoms with Crippen LogP contribution in [0.1, 0.15) is 41.3 Å². The molecule has 6 heteroatoms. The van der Waals surface area contributed by atoms with E-state index in [1.807, 2.05) is 16.8 Å². The number of nitrogens with zero attached hydrogens (tertiary/aromatic N) is 4. The van der Waals surface area contributed by atoms with Crippen LogP contribution in [0.3, 0.4) is 0 Å². The van der Waals surface area contributed by atoms with Crippen LogP contribution in [0.4, 0.5) is 4.39 Å². The standard InChI is InChI=1S/C26H25FN4O/c1-16-4-3-5-17(10-16)23-13-26-28-14-21-24-9-6-19(12-25(21)31(26)29-23)30(24)15-18-11-20(32-2)7-8-22(18)27/h3-5,7-8,10-11,13-14,19,24H,6,9,12,15H2,1-2H3/t19-,24-/m0/s1. The summed E-state index contributed by atoms with van der Waals surface area (Å²) in [5.41, 5.74) is 7.29. The van der Waals surface area contributed by atoms with Gasteiger partial charge >= 0.3 is 0 Å². The minimum Gasteiger partial charge on any atom is -0.497 e. The molecule has 162 valence electrons. The van der Waals surface area contributed by atoms with Crippen molar-refractivity contribution in [3.8, 4) is 17.0 Å². The number of ether oxygens (including phenoxy) is 1. The summed E-state index contributed by atoms with van der Waals surface area (Å²) in [7, 11) is 1.61. The maximum atomic E-state index is 14.5. The first-order chi connectivity index (χ1) is 15.6. The van der Waals surface area contributed by atoms with E-state index in [2.05, 4.69) is 42.2 Å². The lowest BCUT2D eigenvalue weighted by atomic mass is 9.98. The van der Waals surface area contributed by atoms with Crippen molar-refractivity contribution in [3.63, 3.8) is 0 Å². The van der Waals surface area contributed by atoms with E-state index in [0.717, 1.165) is 36.2 Å². The van der Waals surface area contributed by atoms with Crippen molar-refractivity contribution in [2.45, 2.75) is 44.8 Å². The molecular weight excluding hydrogens is 403 g/mol. The number of aromatic nitrogens is 3. The third kappa shape index (κ3) is 3.09. The molecule has 0 N–H and O–H groups in total. The van der Waals surface area contributed by atoms with Crippen LogP contribution in [0.15, 0.2) is 54.7 Å². The lowest BCUT2D eigenvalue weighted by Gasteiger charge is -2.36. The Morgan fingerprint density at radius 2 is 2.03 bits per heavy atom. The number of rotatable bonds is 4. The number of halogens is 1. The summed E-state index contributed by atoms with van der Waals surface area (Å²) in [5.74, 6) is 0.509. The molecule has 1 fully saturated rings. The minimum absolute atomic E-state index is 0.181. The van der Waals surface area contributed by atoms with E-state index in [1.165, 1.54) is 22.9 Å². The molecule has 2 atom stereocenters. The van der Waals surface area contributed by atoms with Crippen LogP contribution < -0.4 is 4.74 Å². The van der Waals surface area contributed by atoms with Crippen molar-refractivity contribution >= 4 is 5.65 Å². The number of aryl methyl sites for hydroxylation is 1. The first-order valence-electron chi connectivity index (χ1n) is 11.1. The summed E-state index contributed by atoms with van der Waals surface area (Å²) in [5, 5.41) is 4.94. The van der Waals surface area contributed by atoms with E-state index in [1.54, 1.807) is 13.2 Å². The normalized spacial score (nSPS) is 20.0. The van der Waals surface area contributed by atoms with Gasteiger partial charge < -0.3 is 4.74 Å². The number of fused-ring (bicyclic) bond motifs is 6. The third-order valence-corrected chi connectivity index (χ3v) is 6.97. The molecule has 0 spiro atoms. The van der Waals surface area contributed by atoms with Gasteiger partial charge in [-0.3, -0.25) is 4.90 Å². The molecular formula is C26H25FN4O. The summed E-state index contributed by atoms with van der Waals surface area (Å²) in [6, 6.07) is 16.1. The predicted octanol–water partition coefficient (Wildman–Crippen LogP) is 5.11. The lowest BCUT2D eigenvalue weighted by molar-refractivity contribution is 0.163. The van der Waals surface area contributed by atoms with Crippen molar-refractivity contribution in [1.29, 1.82) is 0 Å². The second kappa shape index (κ2) is 7.41. The van der Waals surface area contributed by atoms with E-state index in [9.17, 15) is 4.39 Å². The van der Waals surface area contributed by atoms with Crippen molar-refractivity contribution in [3.05, 3.63) is 82.9 Å². The lowest BCUT2D eigenvalue weighted by Crippen LogP contribution is -2.38. The van der Waals surface area contributed by atoms with E-state index >= 15 is 0 Å². The molecule has 32 heavy (non-hydrogen) atoms. The van der Waals surface area contributed by atoms with Gasteiger partial charge in [-0.15, -0.1) is 0 Å². The Kier molecular flexibility index (Phi) is 4.50. The molecule has 1 saturated heterocycles. The molecule has 0 saturated carbocycles. The fourth-order valence-corrected chi connectivity index (χ4v) is 5.37. The van der Waals surface area contributed by atoms with Gasteiger partial charge in [-0.05, 0) is 44.0 Å². The maximum absolute atomic E-state index is 14.5. The first kappa shape index (κ1) is 19.4. The van der Waals surface area contributed by atoms with Gasteiger partial charge in [0.2, 0.25) is 0 Å². The zero-order valence-electron chi connectivity index (χ0n) is 18.3. The van der Waals surface area contributed by atoms with Gasteiger partial charge in [-0.2, -0.15) is 5.10 Å². The van der Waals surface area contributed by atoms with Crippen LogP contribution in [-0.2, 0) is 13.0 Å². The Bertz CT molecular complexity index is 1330. The van der Waals surface area contributed by atoms with Crippen LogP contribution in [0.25, 0.3) is 16.9 Å². The molecule has 2 bridgehead atoms. The molecule has 2 aromatic carbocycles. The summed E-state index contributed by atoms with van der Waals surface area (Å²) in [6.45, 7) is 2.67. The molecule has 0 amide bonds. The molecule has 2 aromatic heterocycles. The summed E-state index contributed by atoms with van der Waals surface area (Å²) in [6.07, 6.45) is 5.06. The molecule has 0 aliphatic carbocycles. The zero-order valence-corrected chi connectivity index (χ0v) is 18.3. The Balaban J connectivity index is 1.37. The second-order valence-corrected chi connectivity index (χ2v) is 8.91. The summed E-state index contributed by atoms with van der Waals surface area (Å²) >= 11 is 0. The Labute approximate surface area is 186 Å². The van der Waals surface area contributed by atoms with Crippen LogP contribution in [-0.4, -0.2) is 32.6 Å². The van der Waals surface area contributed by atoms with Gasteiger partial charge in [0.25, 0.3) is 0 Å². The van der Waals surface area contributed by atoms with E-state index in [-0.39, 0.29) is 11.9 Å². The minimum atomic E-state index is -0.181. The smallest absolute Gasteiger partial charge is 0.155 e. The Hall–Kier alpha value is -3.25. The van der Waals surface area contributed by atoms with Crippen LogP contribution in [0.2, 0.25) is 0 Å². The maximum Gasteiger partial charge on any atom is 0.155 e. The van der Waals surface area contributed by atoms with Gasteiger partial charge in [-0.1, -0.05) is 23.8 Å². The largest absolute Gasteiger partial charge is 0.497 e. The van der Waals surface area contributed by atoms with Gasteiger partial charge in [0, 0.05) is 54.0 Å².